The molecule has 0 radical (unpaired) electrons. The van der Waals surface area contributed by atoms with Gasteiger partial charge in [-0.25, -0.2) is 9.97 Å². The number of halogens is 3. The van der Waals surface area contributed by atoms with Crippen LogP contribution in [0.3, 0.4) is 0 Å². The Morgan fingerprint density at radius 2 is 1.86 bits per heavy atom. The molecule has 1 unspecified atom stereocenters. The van der Waals surface area contributed by atoms with Gasteiger partial charge in [-0.2, -0.15) is 18.2 Å². The van der Waals surface area contributed by atoms with Crippen LogP contribution >= 0.6 is 0 Å². The van der Waals surface area contributed by atoms with Crippen molar-refractivity contribution in [1.29, 1.82) is 0 Å². The summed E-state index contributed by atoms with van der Waals surface area (Å²) in [7, 11) is 0. The minimum absolute atomic E-state index is 0.0176. The third kappa shape index (κ3) is 4.11. The van der Waals surface area contributed by atoms with Crippen molar-refractivity contribution >= 4 is 17.6 Å². The van der Waals surface area contributed by atoms with E-state index in [4.69, 9.17) is 4.74 Å². The van der Waals surface area contributed by atoms with Gasteiger partial charge in [0.25, 0.3) is 0 Å². The van der Waals surface area contributed by atoms with Crippen LogP contribution in [0.2, 0.25) is 0 Å². The van der Waals surface area contributed by atoms with Gasteiger partial charge in [0.15, 0.2) is 0 Å². The average Bonchev–Trinajstić information content (AvgIpc) is 3.17. The summed E-state index contributed by atoms with van der Waals surface area (Å²) < 4.78 is 45.1. The molecule has 2 aromatic rings. The number of anilines is 3. The minimum Gasteiger partial charge on any atom is -0.378 e. The van der Waals surface area contributed by atoms with Gasteiger partial charge in [0.05, 0.1) is 18.8 Å². The second-order valence-corrected chi connectivity index (χ2v) is 6.79. The first-order valence-corrected chi connectivity index (χ1v) is 9.20. The van der Waals surface area contributed by atoms with Gasteiger partial charge in [-0.3, -0.25) is 0 Å². The molecule has 150 valence electrons. The fraction of sp³-hybridized carbons (Fsp3) is 0.500. The number of rotatable bonds is 4. The third-order valence-corrected chi connectivity index (χ3v) is 4.87. The van der Waals surface area contributed by atoms with E-state index in [1.807, 2.05) is 0 Å². The van der Waals surface area contributed by atoms with Crippen molar-refractivity contribution in [3.8, 4) is 0 Å². The first kappa shape index (κ1) is 18.7. The minimum atomic E-state index is -4.42. The number of nitrogens with zero attached hydrogens (tertiary/aromatic N) is 5. The van der Waals surface area contributed by atoms with E-state index in [1.165, 1.54) is 12.3 Å². The quantitative estimate of drug-likeness (QED) is 0.854. The topological polar surface area (TPSA) is 66.4 Å². The molecule has 0 bridgehead atoms. The Bertz CT molecular complexity index is 812. The summed E-state index contributed by atoms with van der Waals surface area (Å²) in [5.41, 5.74) is -0.702. The lowest BCUT2D eigenvalue weighted by molar-refractivity contribution is -0.137. The molecule has 4 rings (SSSR count). The van der Waals surface area contributed by atoms with Crippen molar-refractivity contribution in [1.82, 2.24) is 15.0 Å². The summed E-state index contributed by atoms with van der Waals surface area (Å²) in [6.07, 6.45) is -0.642. The molecule has 0 aromatic carbocycles. The first-order chi connectivity index (χ1) is 13.5. The number of alkyl halides is 3. The first-order valence-electron chi connectivity index (χ1n) is 9.20. The predicted molar refractivity (Wildman–Crippen MR) is 98.5 cm³/mol. The van der Waals surface area contributed by atoms with E-state index in [1.54, 1.807) is 17.2 Å². The van der Waals surface area contributed by atoms with Gasteiger partial charge in [0.2, 0.25) is 5.95 Å². The Labute approximate surface area is 160 Å². The molecule has 2 aliphatic rings. The largest absolute Gasteiger partial charge is 0.419 e. The van der Waals surface area contributed by atoms with Gasteiger partial charge < -0.3 is 19.9 Å². The number of ether oxygens (including phenoxy) is 1. The molecule has 1 atom stereocenters. The molecular formula is C18H21F3N6O. The van der Waals surface area contributed by atoms with Gasteiger partial charge in [-0.1, -0.05) is 0 Å². The Balaban J connectivity index is 1.43. The van der Waals surface area contributed by atoms with E-state index in [2.05, 4.69) is 25.2 Å². The van der Waals surface area contributed by atoms with Gasteiger partial charge in [0.1, 0.15) is 11.6 Å². The molecule has 0 amide bonds. The fourth-order valence-corrected chi connectivity index (χ4v) is 3.49. The highest BCUT2D eigenvalue weighted by molar-refractivity contribution is 5.51. The number of hydrogen-bond acceptors (Lipinski definition) is 7. The summed E-state index contributed by atoms with van der Waals surface area (Å²) in [6.45, 7) is 3.69. The Kier molecular flexibility index (Phi) is 5.21. The zero-order valence-electron chi connectivity index (χ0n) is 15.2. The summed E-state index contributed by atoms with van der Waals surface area (Å²) in [6, 6.07) is 4.14. The van der Waals surface area contributed by atoms with Crippen LogP contribution in [0.15, 0.2) is 30.6 Å². The highest BCUT2D eigenvalue weighted by Crippen LogP contribution is 2.36. The second kappa shape index (κ2) is 7.78. The Morgan fingerprint density at radius 3 is 2.64 bits per heavy atom. The summed E-state index contributed by atoms with van der Waals surface area (Å²) in [5, 5.41) is 3.32. The normalized spacial score (nSPS) is 20.5. The highest BCUT2D eigenvalue weighted by Gasteiger charge is 2.37. The molecule has 0 aliphatic carbocycles. The molecule has 7 nitrogen and oxygen atoms in total. The average molecular weight is 394 g/mol. The smallest absolute Gasteiger partial charge is 0.378 e. The lowest BCUT2D eigenvalue weighted by Gasteiger charge is -2.27. The van der Waals surface area contributed by atoms with E-state index in [9.17, 15) is 13.2 Å². The van der Waals surface area contributed by atoms with Gasteiger partial charge in [-0.05, 0) is 24.6 Å². The number of nitrogens with one attached hydrogen (secondary N) is 1. The Hall–Kier alpha value is -2.62. The highest BCUT2D eigenvalue weighted by atomic mass is 19.4. The molecule has 2 saturated heterocycles. The van der Waals surface area contributed by atoms with Crippen LogP contribution in [0, 0.1) is 0 Å². The summed E-state index contributed by atoms with van der Waals surface area (Å²) >= 11 is 0. The Morgan fingerprint density at radius 1 is 1.04 bits per heavy atom. The van der Waals surface area contributed by atoms with Gasteiger partial charge in [0, 0.05) is 44.6 Å². The van der Waals surface area contributed by atoms with Crippen LogP contribution in [-0.2, 0) is 10.9 Å². The zero-order chi connectivity index (χ0) is 19.6. The molecule has 2 aromatic heterocycles. The molecule has 4 heterocycles. The molecule has 2 fully saturated rings. The van der Waals surface area contributed by atoms with Crippen LogP contribution in [0.4, 0.5) is 30.8 Å². The van der Waals surface area contributed by atoms with Crippen LogP contribution in [0.25, 0.3) is 0 Å². The van der Waals surface area contributed by atoms with Crippen molar-refractivity contribution in [2.24, 2.45) is 0 Å². The van der Waals surface area contributed by atoms with Crippen LogP contribution < -0.4 is 15.1 Å². The van der Waals surface area contributed by atoms with E-state index in [0.717, 1.165) is 19.2 Å². The standard InChI is InChI=1S/C18H21F3N6O/c19-18(20,21)14-2-1-5-22-16(14)27-7-4-13(12-27)24-15-3-6-23-17(25-15)26-8-10-28-11-9-26/h1-3,5-6,13H,4,7-12H2,(H,23,24,25). The lowest BCUT2D eigenvalue weighted by atomic mass is 10.2. The van der Waals surface area contributed by atoms with E-state index < -0.39 is 11.7 Å². The van der Waals surface area contributed by atoms with Crippen molar-refractivity contribution in [2.45, 2.75) is 18.6 Å². The maximum absolute atomic E-state index is 13.3. The van der Waals surface area contributed by atoms with Crippen molar-refractivity contribution in [3.63, 3.8) is 0 Å². The maximum atomic E-state index is 13.3. The number of morpholine rings is 1. The van der Waals surface area contributed by atoms with Gasteiger partial charge >= 0.3 is 6.18 Å². The van der Waals surface area contributed by atoms with E-state index in [0.29, 0.717) is 44.5 Å². The van der Waals surface area contributed by atoms with E-state index in [-0.39, 0.29) is 11.9 Å². The monoisotopic (exact) mass is 394 g/mol. The second-order valence-electron chi connectivity index (χ2n) is 6.79. The van der Waals surface area contributed by atoms with E-state index >= 15 is 0 Å². The van der Waals surface area contributed by atoms with Crippen LogP contribution in [0.1, 0.15) is 12.0 Å². The molecule has 0 saturated carbocycles. The number of hydrogen-bond donors (Lipinski definition) is 1. The molecule has 2 aliphatic heterocycles. The number of aromatic nitrogens is 3. The van der Waals surface area contributed by atoms with Crippen LogP contribution in [-0.4, -0.2) is 60.4 Å². The number of pyridine rings is 1. The molecule has 28 heavy (non-hydrogen) atoms. The third-order valence-electron chi connectivity index (χ3n) is 4.87. The summed E-state index contributed by atoms with van der Waals surface area (Å²) in [5.74, 6) is 1.28. The predicted octanol–water partition coefficient (Wildman–Crippen LogP) is 2.42. The molecular weight excluding hydrogens is 373 g/mol. The molecule has 10 heteroatoms. The SMILES string of the molecule is FC(F)(F)c1cccnc1N1CCC(Nc2ccnc(N3CCOCC3)n2)C1. The van der Waals surface area contributed by atoms with Crippen molar-refractivity contribution in [2.75, 3.05) is 54.5 Å². The fourth-order valence-electron chi connectivity index (χ4n) is 3.49. The van der Waals surface area contributed by atoms with Crippen molar-refractivity contribution in [3.05, 3.63) is 36.2 Å². The zero-order valence-corrected chi connectivity index (χ0v) is 15.2. The maximum Gasteiger partial charge on any atom is 0.419 e. The summed E-state index contributed by atoms with van der Waals surface area (Å²) in [4.78, 5) is 16.6. The lowest BCUT2D eigenvalue weighted by Crippen LogP contribution is -2.37. The molecule has 1 N–H and O–H groups in total. The van der Waals surface area contributed by atoms with Crippen molar-refractivity contribution < 1.29 is 17.9 Å². The van der Waals surface area contributed by atoms with Crippen LogP contribution in [0.5, 0.6) is 0 Å². The molecule has 0 spiro atoms. The van der Waals surface area contributed by atoms with Gasteiger partial charge in [-0.15, -0.1) is 0 Å².